The molecule has 0 aromatic heterocycles. The summed E-state index contributed by atoms with van der Waals surface area (Å²) >= 11 is 0. The molecular weight excluding hydrogens is 176 g/mol. The van der Waals surface area contributed by atoms with Gasteiger partial charge in [-0.3, -0.25) is 4.79 Å². The summed E-state index contributed by atoms with van der Waals surface area (Å²) in [5.41, 5.74) is 0. The van der Waals surface area contributed by atoms with E-state index in [0.29, 0.717) is 11.9 Å². The van der Waals surface area contributed by atoms with Crippen LogP contribution >= 0.6 is 0 Å². The molecular formula is C11H22N2O. The minimum atomic E-state index is 0.187. The lowest BCUT2D eigenvalue weighted by molar-refractivity contribution is -0.135. The van der Waals surface area contributed by atoms with E-state index in [1.165, 1.54) is 0 Å². The Labute approximate surface area is 86.9 Å². The minimum absolute atomic E-state index is 0.187. The van der Waals surface area contributed by atoms with Gasteiger partial charge in [0.15, 0.2) is 0 Å². The standard InChI is InChI=1S/C11H22N2O/c1-4-9(2)11(14)13-7-5-6-10(13)8-12-3/h9-10,12H,4-8H2,1-3H3. The third-order valence-electron chi connectivity index (χ3n) is 3.13. The highest BCUT2D eigenvalue weighted by molar-refractivity contribution is 5.79. The normalized spacial score (nSPS) is 23.9. The van der Waals surface area contributed by atoms with Crippen molar-refractivity contribution in [2.24, 2.45) is 5.92 Å². The summed E-state index contributed by atoms with van der Waals surface area (Å²) in [4.78, 5) is 14.0. The van der Waals surface area contributed by atoms with Crippen LogP contribution in [0.15, 0.2) is 0 Å². The minimum Gasteiger partial charge on any atom is -0.338 e. The Balaban J connectivity index is 2.53. The molecule has 1 amide bonds. The largest absolute Gasteiger partial charge is 0.338 e. The molecule has 0 spiro atoms. The average Bonchev–Trinajstić information content (AvgIpc) is 2.64. The third kappa shape index (κ3) is 2.47. The first-order valence-electron chi connectivity index (χ1n) is 5.65. The second kappa shape index (κ2) is 5.35. The summed E-state index contributed by atoms with van der Waals surface area (Å²) in [6, 6.07) is 0.432. The highest BCUT2D eigenvalue weighted by Crippen LogP contribution is 2.20. The summed E-state index contributed by atoms with van der Waals surface area (Å²) < 4.78 is 0. The molecule has 0 aromatic carbocycles. The Hall–Kier alpha value is -0.570. The van der Waals surface area contributed by atoms with Crippen molar-refractivity contribution in [3.05, 3.63) is 0 Å². The lowest BCUT2D eigenvalue weighted by Crippen LogP contribution is -2.43. The van der Waals surface area contributed by atoms with Gasteiger partial charge >= 0.3 is 0 Å². The average molecular weight is 198 g/mol. The lowest BCUT2D eigenvalue weighted by Gasteiger charge is -2.27. The van der Waals surface area contributed by atoms with E-state index in [4.69, 9.17) is 0 Å². The van der Waals surface area contributed by atoms with Gasteiger partial charge in [0.1, 0.15) is 0 Å². The second-order valence-corrected chi connectivity index (χ2v) is 4.19. The number of amides is 1. The molecule has 1 aliphatic rings. The first-order valence-corrected chi connectivity index (χ1v) is 5.65. The van der Waals surface area contributed by atoms with Gasteiger partial charge in [0.2, 0.25) is 5.91 Å². The van der Waals surface area contributed by atoms with Gasteiger partial charge in [-0.1, -0.05) is 13.8 Å². The zero-order valence-corrected chi connectivity index (χ0v) is 9.55. The second-order valence-electron chi connectivity index (χ2n) is 4.19. The molecule has 2 unspecified atom stereocenters. The third-order valence-corrected chi connectivity index (χ3v) is 3.13. The van der Waals surface area contributed by atoms with E-state index in [9.17, 15) is 4.79 Å². The maximum absolute atomic E-state index is 12.0. The van der Waals surface area contributed by atoms with E-state index in [-0.39, 0.29) is 5.92 Å². The van der Waals surface area contributed by atoms with E-state index in [0.717, 1.165) is 32.4 Å². The molecule has 1 fully saturated rings. The van der Waals surface area contributed by atoms with Crippen LogP contribution in [0, 0.1) is 5.92 Å². The quantitative estimate of drug-likeness (QED) is 0.737. The Kier molecular flexibility index (Phi) is 4.39. The van der Waals surface area contributed by atoms with Crippen LogP contribution in [0.2, 0.25) is 0 Å². The summed E-state index contributed by atoms with van der Waals surface area (Å²) in [6.07, 6.45) is 3.26. The van der Waals surface area contributed by atoms with Crippen molar-refractivity contribution in [2.75, 3.05) is 20.1 Å². The van der Waals surface area contributed by atoms with E-state index in [1.54, 1.807) is 0 Å². The summed E-state index contributed by atoms with van der Waals surface area (Å²) in [5, 5.41) is 3.16. The molecule has 0 aromatic rings. The fourth-order valence-corrected chi connectivity index (χ4v) is 2.03. The molecule has 1 rings (SSSR count). The number of nitrogens with zero attached hydrogens (tertiary/aromatic N) is 1. The predicted molar refractivity (Wildman–Crippen MR) is 58.1 cm³/mol. The molecule has 0 radical (unpaired) electrons. The van der Waals surface area contributed by atoms with Crippen LogP contribution < -0.4 is 5.32 Å². The Morgan fingerprint density at radius 2 is 2.36 bits per heavy atom. The molecule has 0 bridgehead atoms. The fraction of sp³-hybridized carbons (Fsp3) is 0.909. The van der Waals surface area contributed by atoms with Crippen LogP contribution in [0.4, 0.5) is 0 Å². The molecule has 1 saturated heterocycles. The molecule has 1 aliphatic heterocycles. The number of nitrogens with one attached hydrogen (secondary N) is 1. The molecule has 3 nitrogen and oxygen atoms in total. The van der Waals surface area contributed by atoms with Crippen molar-refractivity contribution in [3.63, 3.8) is 0 Å². The van der Waals surface area contributed by atoms with Crippen molar-refractivity contribution < 1.29 is 4.79 Å². The van der Waals surface area contributed by atoms with Crippen LogP contribution in [0.25, 0.3) is 0 Å². The van der Waals surface area contributed by atoms with E-state index >= 15 is 0 Å². The lowest BCUT2D eigenvalue weighted by atomic mass is 10.1. The molecule has 3 heteroatoms. The van der Waals surface area contributed by atoms with Crippen LogP contribution in [0.5, 0.6) is 0 Å². The number of likely N-dealkylation sites (N-methyl/N-ethyl adjacent to an activating group) is 1. The molecule has 82 valence electrons. The number of hydrogen-bond acceptors (Lipinski definition) is 2. The number of carbonyl (C=O) groups is 1. The van der Waals surface area contributed by atoms with Gasteiger partial charge in [-0.2, -0.15) is 0 Å². The maximum atomic E-state index is 12.0. The van der Waals surface area contributed by atoms with Crippen LogP contribution in [-0.4, -0.2) is 37.0 Å². The van der Waals surface area contributed by atoms with E-state index < -0.39 is 0 Å². The monoisotopic (exact) mass is 198 g/mol. The van der Waals surface area contributed by atoms with Crippen LogP contribution in [0.3, 0.4) is 0 Å². The van der Waals surface area contributed by atoms with Crippen molar-refractivity contribution >= 4 is 5.91 Å². The molecule has 0 aliphatic carbocycles. The summed E-state index contributed by atoms with van der Waals surface area (Å²) in [5.74, 6) is 0.526. The fourth-order valence-electron chi connectivity index (χ4n) is 2.03. The molecule has 1 heterocycles. The van der Waals surface area contributed by atoms with Gasteiger partial charge in [-0.25, -0.2) is 0 Å². The van der Waals surface area contributed by atoms with Crippen molar-refractivity contribution in [1.29, 1.82) is 0 Å². The number of likely N-dealkylation sites (tertiary alicyclic amines) is 1. The molecule has 14 heavy (non-hydrogen) atoms. The van der Waals surface area contributed by atoms with E-state index in [1.807, 2.05) is 14.0 Å². The van der Waals surface area contributed by atoms with Crippen LogP contribution in [0.1, 0.15) is 33.1 Å². The topological polar surface area (TPSA) is 32.3 Å². The molecule has 1 N–H and O–H groups in total. The summed E-state index contributed by atoms with van der Waals surface area (Å²) in [6.45, 7) is 5.99. The van der Waals surface area contributed by atoms with E-state index in [2.05, 4.69) is 17.1 Å². The number of rotatable bonds is 4. The van der Waals surface area contributed by atoms with Gasteiger partial charge in [0.05, 0.1) is 0 Å². The number of carbonyl (C=O) groups excluding carboxylic acids is 1. The zero-order chi connectivity index (χ0) is 10.6. The van der Waals surface area contributed by atoms with Gasteiger partial charge in [-0.05, 0) is 26.3 Å². The smallest absolute Gasteiger partial charge is 0.225 e. The Bertz CT molecular complexity index is 194. The zero-order valence-electron chi connectivity index (χ0n) is 9.55. The molecule has 0 saturated carbocycles. The highest BCUT2D eigenvalue weighted by atomic mass is 16.2. The Morgan fingerprint density at radius 1 is 1.64 bits per heavy atom. The van der Waals surface area contributed by atoms with Crippen molar-refractivity contribution in [3.8, 4) is 0 Å². The SMILES string of the molecule is CCC(C)C(=O)N1CCCC1CNC. The Morgan fingerprint density at radius 3 is 2.93 bits per heavy atom. The first kappa shape index (κ1) is 11.5. The van der Waals surface area contributed by atoms with Gasteiger partial charge in [0, 0.05) is 25.0 Å². The highest BCUT2D eigenvalue weighted by Gasteiger charge is 2.29. The number of hydrogen-bond donors (Lipinski definition) is 1. The van der Waals surface area contributed by atoms with Gasteiger partial charge in [0.25, 0.3) is 0 Å². The van der Waals surface area contributed by atoms with Crippen molar-refractivity contribution in [2.45, 2.75) is 39.2 Å². The first-order chi connectivity index (χ1) is 6.70. The van der Waals surface area contributed by atoms with Gasteiger partial charge < -0.3 is 10.2 Å². The predicted octanol–water partition coefficient (Wildman–Crippen LogP) is 1.24. The van der Waals surface area contributed by atoms with Gasteiger partial charge in [-0.15, -0.1) is 0 Å². The van der Waals surface area contributed by atoms with Crippen molar-refractivity contribution in [1.82, 2.24) is 10.2 Å². The maximum Gasteiger partial charge on any atom is 0.225 e. The van der Waals surface area contributed by atoms with Crippen LogP contribution in [-0.2, 0) is 4.79 Å². The summed E-state index contributed by atoms with van der Waals surface area (Å²) in [7, 11) is 1.95. The molecule has 2 atom stereocenters.